The van der Waals surface area contributed by atoms with Gasteiger partial charge in [0.15, 0.2) is 0 Å². The molecule has 0 radical (unpaired) electrons. The molecule has 3 aliphatic rings. The Hall–Kier alpha value is -2.47. The van der Waals surface area contributed by atoms with Crippen molar-refractivity contribution in [2.75, 3.05) is 18.9 Å². The van der Waals surface area contributed by atoms with E-state index in [0.29, 0.717) is 21.8 Å². The Balaban J connectivity index is 1.47. The number of para-hydroxylation sites is 1. The van der Waals surface area contributed by atoms with Crippen molar-refractivity contribution in [1.29, 1.82) is 0 Å². The Morgan fingerprint density at radius 2 is 1.91 bits per heavy atom. The zero-order valence-electron chi connectivity index (χ0n) is 19.4. The van der Waals surface area contributed by atoms with Crippen molar-refractivity contribution in [3.63, 3.8) is 0 Å². The van der Waals surface area contributed by atoms with Gasteiger partial charge in [-0.05, 0) is 85.7 Å². The molecule has 2 aromatic rings. The summed E-state index contributed by atoms with van der Waals surface area (Å²) in [4.78, 5) is 15.1. The molecule has 2 aromatic carbocycles. The van der Waals surface area contributed by atoms with Gasteiger partial charge in [-0.1, -0.05) is 47.8 Å². The summed E-state index contributed by atoms with van der Waals surface area (Å²) in [5.41, 5.74) is 6.62. The van der Waals surface area contributed by atoms with E-state index in [1.807, 2.05) is 24.3 Å². The molecule has 0 saturated heterocycles. The fourth-order valence-electron chi connectivity index (χ4n) is 5.90. The van der Waals surface area contributed by atoms with Gasteiger partial charge in [-0.15, -0.1) is 0 Å². The minimum Gasteiger partial charge on any atom is -0.506 e. The molecule has 1 unspecified atom stereocenters. The van der Waals surface area contributed by atoms with Crippen LogP contribution in [0.5, 0.6) is 5.75 Å². The molecule has 2 amide bonds. The van der Waals surface area contributed by atoms with Crippen LogP contribution in [0.3, 0.4) is 0 Å². The average Bonchev–Trinajstić information content (AvgIpc) is 2.92. The van der Waals surface area contributed by atoms with Crippen LogP contribution in [0.25, 0.3) is 0 Å². The second kappa shape index (κ2) is 9.29. The van der Waals surface area contributed by atoms with E-state index in [9.17, 15) is 9.90 Å². The predicted molar refractivity (Wildman–Crippen MR) is 138 cm³/mol. The summed E-state index contributed by atoms with van der Waals surface area (Å²) >= 11 is 12.5. The highest BCUT2D eigenvalue weighted by atomic mass is 35.5. The molecule has 178 valence electrons. The van der Waals surface area contributed by atoms with Crippen molar-refractivity contribution in [2.24, 2.45) is 5.92 Å². The van der Waals surface area contributed by atoms with E-state index in [2.05, 4.69) is 35.6 Å². The van der Waals surface area contributed by atoms with Crippen molar-refractivity contribution in [3.8, 4) is 5.75 Å². The first-order valence-corrected chi connectivity index (χ1v) is 12.5. The first-order valence-electron chi connectivity index (χ1n) is 11.8. The van der Waals surface area contributed by atoms with Crippen molar-refractivity contribution in [1.82, 2.24) is 10.2 Å². The average molecular weight is 498 g/mol. The van der Waals surface area contributed by atoms with Crippen LogP contribution in [0.2, 0.25) is 10.0 Å². The topological polar surface area (TPSA) is 64.6 Å². The highest BCUT2D eigenvalue weighted by molar-refractivity contribution is 6.33. The summed E-state index contributed by atoms with van der Waals surface area (Å²) in [6, 6.07) is 11.1. The summed E-state index contributed by atoms with van der Waals surface area (Å²) in [5, 5.41) is 17.2. The first-order chi connectivity index (χ1) is 16.3. The number of allylic oxidation sites excluding steroid dienone is 3. The quantitative estimate of drug-likeness (QED) is 0.445. The summed E-state index contributed by atoms with van der Waals surface area (Å²) in [6.07, 6.45) is 5.82. The number of hydrogen-bond donors (Lipinski definition) is 3. The number of phenols is 1. The minimum absolute atomic E-state index is 0.147. The molecule has 0 saturated carbocycles. The zero-order valence-corrected chi connectivity index (χ0v) is 20.9. The highest BCUT2D eigenvalue weighted by Crippen LogP contribution is 2.50. The van der Waals surface area contributed by atoms with Gasteiger partial charge in [0.05, 0.1) is 15.7 Å². The third kappa shape index (κ3) is 4.33. The Kier molecular flexibility index (Phi) is 6.36. The number of carbonyl (C=O) groups is 1. The molecule has 5 rings (SSSR count). The molecule has 0 aromatic heterocycles. The maximum atomic E-state index is 12.7. The lowest BCUT2D eigenvalue weighted by atomic mass is 9.67. The van der Waals surface area contributed by atoms with Crippen LogP contribution in [-0.2, 0) is 6.42 Å². The van der Waals surface area contributed by atoms with E-state index in [4.69, 9.17) is 23.2 Å². The standard InChI is InChI=1S/C27H29Cl2N3O2/c1-15-11-18(30-27(34)31-22-6-4-3-5-20(22)28)12-17-7-8-23-26(25(15)17)19-14-24(33)21(29)13-16(19)9-10-32(23)2/h3-6,12-15,23,26,33H,7-11H2,1-2H3,(H2,30,31,34)/t15?,23-,26+/m0/s1. The second-order valence-electron chi connectivity index (χ2n) is 9.63. The number of aromatic hydroxyl groups is 1. The summed E-state index contributed by atoms with van der Waals surface area (Å²) in [7, 11) is 2.20. The third-order valence-corrected chi connectivity index (χ3v) is 8.08. The van der Waals surface area contributed by atoms with Gasteiger partial charge in [0.1, 0.15) is 5.75 Å². The van der Waals surface area contributed by atoms with Gasteiger partial charge in [-0.25, -0.2) is 4.79 Å². The van der Waals surface area contributed by atoms with Crippen molar-refractivity contribution in [3.05, 3.63) is 80.5 Å². The van der Waals surface area contributed by atoms with E-state index in [1.165, 1.54) is 22.3 Å². The lowest BCUT2D eigenvalue weighted by molar-refractivity contribution is 0.206. The highest BCUT2D eigenvalue weighted by Gasteiger charge is 2.41. The molecule has 1 heterocycles. The molecule has 7 heteroatoms. The maximum Gasteiger partial charge on any atom is 0.323 e. The van der Waals surface area contributed by atoms with E-state index in [-0.39, 0.29) is 23.6 Å². The molecule has 0 bridgehead atoms. The number of phenolic OH excluding ortho intramolecular Hbond substituents is 1. The molecule has 34 heavy (non-hydrogen) atoms. The molecule has 0 spiro atoms. The number of benzene rings is 2. The number of hydrogen-bond acceptors (Lipinski definition) is 3. The normalized spacial score (nSPS) is 24.4. The van der Waals surface area contributed by atoms with E-state index >= 15 is 0 Å². The van der Waals surface area contributed by atoms with Gasteiger partial charge in [-0.2, -0.15) is 0 Å². The Morgan fingerprint density at radius 1 is 1.12 bits per heavy atom. The summed E-state index contributed by atoms with van der Waals surface area (Å²) < 4.78 is 0. The number of likely N-dealkylation sites (N-methyl/N-ethyl adjacent to an activating group) is 1. The number of nitrogens with zero attached hydrogens (tertiary/aromatic N) is 1. The zero-order chi connectivity index (χ0) is 24.0. The first kappa shape index (κ1) is 23.3. The molecule has 5 nitrogen and oxygen atoms in total. The van der Waals surface area contributed by atoms with Gasteiger partial charge < -0.3 is 20.6 Å². The smallest absolute Gasteiger partial charge is 0.323 e. The van der Waals surface area contributed by atoms with Crippen molar-refractivity contribution < 1.29 is 9.90 Å². The molecular weight excluding hydrogens is 469 g/mol. The Labute approximate surface area is 210 Å². The predicted octanol–water partition coefficient (Wildman–Crippen LogP) is 6.47. The number of urea groups is 1. The third-order valence-electron chi connectivity index (χ3n) is 7.45. The van der Waals surface area contributed by atoms with Crippen LogP contribution in [-0.4, -0.2) is 35.7 Å². The summed E-state index contributed by atoms with van der Waals surface area (Å²) in [5.74, 6) is 0.619. The largest absolute Gasteiger partial charge is 0.506 e. The molecule has 3 atom stereocenters. The molecule has 1 aliphatic heterocycles. The van der Waals surface area contributed by atoms with Crippen molar-refractivity contribution >= 4 is 34.9 Å². The molecule has 3 N–H and O–H groups in total. The van der Waals surface area contributed by atoms with Gasteiger partial charge in [0.25, 0.3) is 0 Å². The molecule has 0 fully saturated rings. The SMILES string of the molecule is CC1CC(NC(=O)Nc2ccccc2Cl)=CC2=C1[C@@H]1c3cc(O)c(Cl)cc3CCN(C)[C@H]1CC2. The fourth-order valence-corrected chi connectivity index (χ4v) is 6.26. The van der Waals surface area contributed by atoms with Crippen molar-refractivity contribution in [2.45, 2.75) is 44.6 Å². The van der Waals surface area contributed by atoms with E-state index < -0.39 is 0 Å². The fraction of sp³-hybridized carbons (Fsp3) is 0.370. The van der Waals surface area contributed by atoms with Crippen LogP contribution in [0, 0.1) is 5.92 Å². The molecule has 2 aliphatic carbocycles. The Bertz CT molecular complexity index is 1210. The lowest BCUT2D eigenvalue weighted by Gasteiger charge is -2.43. The number of fused-ring (bicyclic) bond motifs is 4. The van der Waals surface area contributed by atoms with Crippen LogP contribution in [0.1, 0.15) is 43.2 Å². The van der Waals surface area contributed by atoms with Crippen LogP contribution in [0.4, 0.5) is 10.5 Å². The van der Waals surface area contributed by atoms with Gasteiger partial charge in [0.2, 0.25) is 0 Å². The monoisotopic (exact) mass is 497 g/mol. The van der Waals surface area contributed by atoms with Crippen LogP contribution in [0.15, 0.2) is 59.3 Å². The number of anilines is 1. The van der Waals surface area contributed by atoms with E-state index in [0.717, 1.165) is 37.9 Å². The van der Waals surface area contributed by atoms with E-state index in [1.54, 1.807) is 12.1 Å². The van der Waals surface area contributed by atoms with Crippen LogP contribution >= 0.6 is 23.2 Å². The maximum absolute atomic E-state index is 12.7. The van der Waals surface area contributed by atoms with Gasteiger partial charge >= 0.3 is 6.03 Å². The number of amides is 2. The van der Waals surface area contributed by atoms with Gasteiger partial charge in [-0.3, -0.25) is 0 Å². The van der Waals surface area contributed by atoms with Crippen LogP contribution < -0.4 is 10.6 Å². The lowest BCUT2D eigenvalue weighted by Crippen LogP contribution is -2.41. The Morgan fingerprint density at radius 3 is 2.71 bits per heavy atom. The number of rotatable bonds is 2. The minimum atomic E-state index is -0.289. The second-order valence-corrected chi connectivity index (χ2v) is 10.4. The number of halogens is 2. The van der Waals surface area contributed by atoms with Gasteiger partial charge in [0, 0.05) is 24.2 Å². The summed E-state index contributed by atoms with van der Waals surface area (Å²) in [6.45, 7) is 3.20. The number of carbonyl (C=O) groups excluding carboxylic acids is 1. The number of nitrogens with one attached hydrogen (secondary N) is 2. The molecular formula is C27H29Cl2N3O2.